The van der Waals surface area contributed by atoms with Gasteiger partial charge in [-0.25, -0.2) is 0 Å². The van der Waals surface area contributed by atoms with Gasteiger partial charge in [-0.15, -0.1) is 10.2 Å². The highest BCUT2D eigenvalue weighted by Gasteiger charge is 2.37. The first-order valence-electron chi connectivity index (χ1n) is 3.11. The maximum absolute atomic E-state index is 3.88. The summed E-state index contributed by atoms with van der Waals surface area (Å²) in [6.07, 6.45) is 1.22. The minimum Gasteiger partial charge on any atom is -0.177 e. The first-order valence-corrected chi connectivity index (χ1v) is 3.11. The van der Waals surface area contributed by atoms with E-state index < -0.39 is 0 Å². The fraction of sp³-hybridized carbons (Fsp3) is 0.800. The minimum absolute atomic E-state index is 0.587. The van der Waals surface area contributed by atoms with Crippen LogP contribution in [0.25, 0.3) is 0 Å². The fourth-order valence-corrected chi connectivity index (χ4v) is 1.01. The molecule has 1 heterocycles. The number of H-pyrrole nitrogens is 1. The molecule has 1 N–H and O–H groups in total. The van der Waals surface area contributed by atoms with E-state index >= 15 is 0 Å². The second-order valence-electron chi connectivity index (χ2n) is 2.59. The van der Waals surface area contributed by atoms with E-state index in [2.05, 4.69) is 27.5 Å². The molecule has 1 aliphatic rings. The molecule has 2 rings (SSSR count). The van der Waals surface area contributed by atoms with Crippen LogP contribution in [0.3, 0.4) is 0 Å². The summed E-state index contributed by atoms with van der Waals surface area (Å²) in [5.74, 6) is 2.23. The van der Waals surface area contributed by atoms with Crippen LogP contribution in [0.5, 0.6) is 0 Å². The second kappa shape index (κ2) is 1.52. The summed E-state index contributed by atoms with van der Waals surface area (Å²) in [6.45, 7) is 2.20. The number of hydrogen-bond donors (Lipinski definition) is 1. The highest BCUT2D eigenvalue weighted by molar-refractivity contribution is 5.04. The largest absolute Gasteiger partial charge is 0.177 e. The van der Waals surface area contributed by atoms with Crippen molar-refractivity contribution in [2.45, 2.75) is 19.3 Å². The van der Waals surface area contributed by atoms with Crippen LogP contribution in [0.1, 0.15) is 25.1 Å². The summed E-state index contributed by atoms with van der Waals surface area (Å²) >= 11 is 0. The molecule has 0 saturated heterocycles. The van der Waals surface area contributed by atoms with Crippen LogP contribution < -0.4 is 0 Å². The zero-order valence-electron chi connectivity index (χ0n) is 5.20. The van der Waals surface area contributed by atoms with Crippen LogP contribution in [0, 0.1) is 5.92 Å². The number of nitrogens with zero attached hydrogens (tertiary/aromatic N) is 3. The van der Waals surface area contributed by atoms with Gasteiger partial charge in [0.05, 0.1) is 0 Å². The Morgan fingerprint density at radius 2 is 2.44 bits per heavy atom. The Labute approximate surface area is 52.7 Å². The number of aromatic nitrogens is 4. The quantitative estimate of drug-likeness (QED) is 0.586. The van der Waals surface area contributed by atoms with Crippen molar-refractivity contribution in [3.05, 3.63) is 5.82 Å². The van der Waals surface area contributed by atoms with Crippen molar-refractivity contribution in [1.82, 2.24) is 20.6 Å². The third-order valence-corrected chi connectivity index (χ3v) is 1.80. The van der Waals surface area contributed by atoms with Gasteiger partial charge in [0.1, 0.15) is 0 Å². The maximum Gasteiger partial charge on any atom is 0.177 e. The Bertz CT molecular complexity index is 193. The molecule has 2 unspecified atom stereocenters. The summed E-state index contributed by atoms with van der Waals surface area (Å²) in [6, 6.07) is 0. The summed E-state index contributed by atoms with van der Waals surface area (Å²) in [4.78, 5) is 0. The van der Waals surface area contributed by atoms with Gasteiger partial charge in [0.25, 0.3) is 0 Å². The van der Waals surface area contributed by atoms with Gasteiger partial charge in [-0.1, -0.05) is 12.1 Å². The number of rotatable bonds is 1. The molecule has 1 saturated carbocycles. The van der Waals surface area contributed by atoms with Crippen LogP contribution in [-0.2, 0) is 0 Å². The molecule has 4 nitrogen and oxygen atoms in total. The molecule has 1 aromatic rings. The SMILES string of the molecule is CC1CC1c1nn[nH]n1. The third-order valence-electron chi connectivity index (χ3n) is 1.80. The first kappa shape index (κ1) is 4.90. The predicted octanol–water partition coefficient (Wildman–Crippen LogP) is 0.323. The molecular weight excluding hydrogens is 116 g/mol. The zero-order valence-corrected chi connectivity index (χ0v) is 5.20. The lowest BCUT2D eigenvalue weighted by atomic mass is 10.3. The molecule has 2 atom stereocenters. The highest BCUT2D eigenvalue weighted by Crippen LogP contribution is 2.44. The van der Waals surface area contributed by atoms with E-state index in [9.17, 15) is 0 Å². The Morgan fingerprint density at radius 3 is 2.89 bits per heavy atom. The number of hydrogen-bond acceptors (Lipinski definition) is 3. The summed E-state index contributed by atoms with van der Waals surface area (Å²) in [7, 11) is 0. The van der Waals surface area contributed by atoms with Gasteiger partial charge in [0, 0.05) is 5.92 Å². The van der Waals surface area contributed by atoms with Crippen molar-refractivity contribution in [3.63, 3.8) is 0 Å². The lowest BCUT2D eigenvalue weighted by molar-refractivity contribution is 0.847. The van der Waals surface area contributed by atoms with Crippen molar-refractivity contribution < 1.29 is 0 Å². The van der Waals surface area contributed by atoms with Crippen molar-refractivity contribution in [2.75, 3.05) is 0 Å². The summed E-state index contributed by atoms with van der Waals surface area (Å²) < 4.78 is 0. The van der Waals surface area contributed by atoms with E-state index in [-0.39, 0.29) is 0 Å². The Kier molecular flexibility index (Phi) is 0.831. The second-order valence-corrected chi connectivity index (χ2v) is 2.59. The molecule has 0 aliphatic heterocycles. The van der Waals surface area contributed by atoms with E-state index in [1.54, 1.807) is 0 Å². The average Bonchev–Trinajstić information content (AvgIpc) is 2.44. The standard InChI is InChI=1S/C5H8N4/c1-3-2-4(3)5-6-8-9-7-5/h3-4H,2H2,1H3,(H,6,7,8,9). The number of tetrazole rings is 1. The zero-order chi connectivity index (χ0) is 6.27. The predicted molar refractivity (Wildman–Crippen MR) is 30.7 cm³/mol. The smallest absolute Gasteiger partial charge is 0.177 e. The van der Waals surface area contributed by atoms with Gasteiger partial charge < -0.3 is 0 Å². The lowest BCUT2D eigenvalue weighted by Crippen LogP contribution is -1.83. The van der Waals surface area contributed by atoms with E-state index in [1.807, 2.05) is 0 Å². The molecule has 1 fully saturated rings. The third kappa shape index (κ3) is 0.704. The molecule has 0 radical (unpaired) electrons. The van der Waals surface area contributed by atoms with Crippen LogP contribution in [0.15, 0.2) is 0 Å². The summed E-state index contributed by atoms with van der Waals surface area (Å²) in [5, 5.41) is 13.7. The molecule has 0 spiro atoms. The van der Waals surface area contributed by atoms with Crippen LogP contribution >= 0.6 is 0 Å². The van der Waals surface area contributed by atoms with Gasteiger partial charge >= 0.3 is 0 Å². The molecule has 0 aromatic carbocycles. The average molecular weight is 124 g/mol. The molecule has 1 aromatic heterocycles. The molecule has 1 aliphatic carbocycles. The van der Waals surface area contributed by atoms with E-state index in [0.29, 0.717) is 5.92 Å². The fourth-order valence-electron chi connectivity index (χ4n) is 1.01. The Morgan fingerprint density at radius 1 is 1.67 bits per heavy atom. The monoisotopic (exact) mass is 124 g/mol. The van der Waals surface area contributed by atoms with Crippen LogP contribution in [0.4, 0.5) is 0 Å². The molecule has 4 heteroatoms. The van der Waals surface area contributed by atoms with E-state index in [0.717, 1.165) is 11.7 Å². The van der Waals surface area contributed by atoms with Crippen molar-refractivity contribution in [2.24, 2.45) is 5.92 Å². The molecule has 0 bridgehead atoms. The normalized spacial score (nSPS) is 32.6. The Balaban J connectivity index is 2.18. The number of aromatic amines is 1. The maximum atomic E-state index is 3.88. The van der Waals surface area contributed by atoms with Gasteiger partial charge in [0.15, 0.2) is 5.82 Å². The van der Waals surface area contributed by atoms with Crippen molar-refractivity contribution >= 4 is 0 Å². The number of nitrogens with one attached hydrogen (secondary N) is 1. The topological polar surface area (TPSA) is 54.5 Å². The highest BCUT2D eigenvalue weighted by atomic mass is 15.5. The first-order chi connectivity index (χ1) is 4.38. The van der Waals surface area contributed by atoms with Crippen molar-refractivity contribution in [1.29, 1.82) is 0 Å². The Hall–Kier alpha value is -0.930. The lowest BCUT2D eigenvalue weighted by Gasteiger charge is -1.80. The van der Waals surface area contributed by atoms with Crippen LogP contribution in [0.2, 0.25) is 0 Å². The molecule has 9 heavy (non-hydrogen) atoms. The molecule has 48 valence electrons. The van der Waals surface area contributed by atoms with E-state index in [4.69, 9.17) is 0 Å². The van der Waals surface area contributed by atoms with Gasteiger partial charge in [-0.3, -0.25) is 0 Å². The minimum atomic E-state index is 0.587. The van der Waals surface area contributed by atoms with Gasteiger partial charge in [-0.2, -0.15) is 5.21 Å². The van der Waals surface area contributed by atoms with Gasteiger partial charge in [0.2, 0.25) is 0 Å². The summed E-state index contributed by atoms with van der Waals surface area (Å²) in [5.41, 5.74) is 0. The van der Waals surface area contributed by atoms with Crippen molar-refractivity contribution in [3.8, 4) is 0 Å². The van der Waals surface area contributed by atoms with Gasteiger partial charge in [-0.05, 0) is 12.3 Å². The van der Waals surface area contributed by atoms with E-state index in [1.165, 1.54) is 6.42 Å². The molecular formula is C5H8N4. The van der Waals surface area contributed by atoms with Crippen LogP contribution in [-0.4, -0.2) is 20.6 Å². The molecule has 0 amide bonds.